The molecule has 5 heteroatoms. The zero-order chi connectivity index (χ0) is 11.6. The first-order valence-corrected chi connectivity index (χ1v) is 5.92. The SMILES string of the molecule is CC1CN(C2(CC(=O)O)CNC2)CCCO1. The second kappa shape index (κ2) is 4.69. The molecule has 2 heterocycles. The van der Waals surface area contributed by atoms with Gasteiger partial charge in [-0.2, -0.15) is 0 Å². The lowest BCUT2D eigenvalue weighted by Crippen LogP contribution is -2.70. The Balaban J connectivity index is 2.04. The molecule has 0 saturated carbocycles. The fraction of sp³-hybridized carbons (Fsp3) is 0.909. The number of nitrogens with zero attached hydrogens (tertiary/aromatic N) is 1. The second-order valence-electron chi connectivity index (χ2n) is 4.88. The topological polar surface area (TPSA) is 61.8 Å². The van der Waals surface area contributed by atoms with Crippen molar-refractivity contribution in [2.75, 3.05) is 32.8 Å². The maximum Gasteiger partial charge on any atom is 0.305 e. The minimum Gasteiger partial charge on any atom is -0.481 e. The molecular formula is C11H20N2O3. The van der Waals surface area contributed by atoms with Crippen molar-refractivity contribution < 1.29 is 14.6 Å². The van der Waals surface area contributed by atoms with Gasteiger partial charge < -0.3 is 15.2 Å². The van der Waals surface area contributed by atoms with Gasteiger partial charge >= 0.3 is 5.97 Å². The lowest BCUT2D eigenvalue weighted by Gasteiger charge is -2.50. The fourth-order valence-electron chi connectivity index (χ4n) is 2.58. The molecular weight excluding hydrogens is 208 g/mol. The molecule has 2 saturated heterocycles. The summed E-state index contributed by atoms with van der Waals surface area (Å²) in [5, 5.41) is 12.2. The van der Waals surface area contributed by atoms with E-state index in [4.69, 9.17) is 9.84 Å². The van der Waals surface area contributed by atoms with E-state index in [0.717, 1.165) is 39.2 Å². The number of rotatable bonds is 3. The van der Waals surface area contributed by atoms with Crippen LogP contribution < -0.4 is 5.32 Å². The van der Waals surface area contributed by atoms with Crippen LogP contribution in [0.3, 0.4) is 0 Å². The van der Waals surface area contributed by atoms with Crippen LogP contribution in [0.2, 0.25) is 0 Å². The molecule has 0 aromatic heterocycles. The van der Waals surface area contributed by atoms with Crippen molar-refractivity contribution in [2.24, 2.45) is 0 Å². The molecule has 1 unspecified atom stereocenters. The Kier molecular flexibility index (Phi) is 3.47. The van der Waals surface area contributed by atoms with Crippen LogP contribution in [0.5, 0.6) is 0 Å². The fourth-order valence-corrected chi connectivity index (χ4v) is 2.58. The number of carboxylic acids is 1. The molecule has 0 aromatic carbocycles. The van der Waals surface area contributed by atoms with Gasteiger partial charge in [0.1, 0.15) is 0 Å². The van der Waals surface area contributed by atoms with Gasteiger partial charge in [0, 0.05) is 32.8 Å². The number of carbonyl (C=O) groups is 1. The maximum atomic E-state index is 10.9. The normalized spacial score (nSPS) is 30.4. The molecule has 0 radical (unpaired) electrons. The minimum absolute atomic E-state index is 0.173. The van der Waals surface area contributed by atoms with E-state index in [1.807, 2.05) is 0 Å². The Morgan fingerprint density at radius 1 is 1.62 bits per heavy atom. The van der Waals surface area contributed by atoms with Gasteiger partial charge in [-0.15, -0.1) is 0 Å². The van der Waals surface area contributed by atoms with Gasteiger partial charge in [-0.25, -0.2) is 0 Å². The molecule has 5 nitrogen and oxygen atoms in total. The largest absolute Gasteiger partial charge is 0.481 e. The van der Waals surface area contributed by atoms with Crippen molar-refractivity contribution in [2.45, 2.75) is 31.4 Å². The third-order valence-corrected chi connectivity index (χ3v) is 3.51. The van der Waals surface area contributed by atoms with Gasteiger partial charge in [0.2, 0.25) is 0 Å². The number of hydrogen-bond donors (Lipinski definition) is 2. The molecule has 0 spiro atoms. The zero-order valence-electron chi connectivity index (χ0n) is 9.74. The van der Waals surface area contributed by atoms with E-state index in [1.165, 1.54) is 0 Å². The maximum absolute atomic E-state index is 10.9. The zero-order valence-corrected chi connectivity index (χ0v) is 9.74. The molecule has 2 aliphatic rings. The van der Waals surface area contributed by atoms with Crippen LogP contribution in [0.15, 0.2) is 0 Å². The summed E-state index contributed by atoms with van der Waals surface area (Å²) >= 11 is 0. The summed E-state index contributed by atoms with van der Waals surface area (Å²) < 4.78 is 5.59. The summed E-state index contributed by atoms with van der Waals surface area (Å²) in [7, 11) is 0. The molecule has 0 aromatic rings. The molecule has 0 amide bonds. The Morgan fingerprint density at radius 2 is 2.38 bits per heavy atom. The summed E-state index contributed by atoms with van der Waals surface area (Å²) in [5.74, 6) is -0.709. The van der Waals surface area contributed by atoms with Crippen molar-refractivity contribution >= 4 is 5.97 Å². The second-order valence-corrected chi connectivity index (χ2v) is 4.88. The first-order chi connectivity index (χ1) is 7.62. The smallest absolute Gasteiger partial charge is 0.305 e. The van der Waals surface area contributed by atoms with Crippen LogP contribution >= 0.6 is 0 Å². The van der Waals surface area contributed by atoms with Gasteiger partial charge in [-0.3, -0.25) is 9.69 Å². The number of hydrogen-bond acceptors (Lipinski definition) is 4. The number of aliphatic carboxylic acids is 1. The molecule has 0 bridgehead atoms. The van der Waals surface area contributed by atoms with Crippen molar-refractivity contribution in [1.82, 2.24) is 10.2 Å². The highest BCUT2D eigenvalue weighted by molar-refractivity contribution is 5.68. The molecule has 92 valence electrons. The van der Waals surface area contributed by atoms with E-state index in [0.29, 0.717) is 0 Å². The molecule has 16 heavy (non-hydrogen) atoms. The average molecular weight is 228 g/mol. The van der Waals surface area contributed by atoms with Crippen LogP contribution in [0, 0.1) is 0 Å². The number of nitrogens with one attached hydrogen (secondary N) is 1. The summed E-state index contributed by atoms with van der Waals surface area (Å²) in [5.41, 5.74) is -0.173. The predicted molar refractivity (Wildman–Crippen MR) is 59.5 cm³/mol. The minimum atomic E-state index is -0.709. The van der Waals surface area contributed by atoms with Crippen LogP contribution in [-0.2, 0) is 9.53 Å². The van der Waals surface area contributed by atoms with E-state index in [2.05, 4.69) is 17.1 Å². The quantitative estimate of drug-likeness (QED) is 0.707. The Hall–Kier alpha value is -0.650. The molecule has 1 atom stereocenters. The van der Waals surface area contributed by atoms with Crippen molar-refractivity contribution in [3.05, 3.63) is 0 Å². The highest BCUT2D eigenvalue weighted by atomic mass is 16.5. The van der Waals surface area contributed by atoms with E-state index in [-0.39, 0.29) is 18.1 Å². The number of ether oxygens (including phenoxy) is 1. The summed E-state index contributed by atoms with van der Waals surface area (Å²) in [4.78, 5) is 13.2. The average Bonchev–Trinajstić information content (AvgIpc) is 2.36. The van der Waals surface area contributed by atoms with Crippen molar-refractivity contribution in [3.63, 3.8) is 0 Å². The predicted octanol–water partition coefficient (Wildman–Crippen LogP) is -0.0861. The Labute approximate surface area is 95.8 Å². The number of carboxylic acid groups (broad SMARTS) is 1. The summed E-state index contributed by atoms with van der Waals surface area (Å²) in [6, 6.07) is 0. The first kappa shape index (κ1) is 11.8. The first-order valence-electron chi connectivity index (χ1n) is 5.92. The highest BCUT2D eigenvalue weighted by Crippen LogP contribution is 2.26. The van der Waals surface area contributed by atoms with Crippen molar-refractivity contribution in [3.8, 4) is 0 Å². The van der Waals surface area contributed by atoms with E-state index < -0.39 is 5.97 Å². The van der Waals surface area contributed by atoms with Crippen LogP contribution in [0.4, 0.5) is 0 Å². The lowest BCUT2D eigenvalue weighted by molar-refractivity contribution is -0.142. The standard InChI is InChI=1S/C11H20N2O3/c1-9-6-13(3-2-4-16-9)11(5-10(14)15)7-12-8-11/h9,12H,2-8H2,1H3,(H,14,15). The summed E-state index contributed by atoms with van der Waals surface area (Å²) in [6.45, 7) is 6.19. The van der Waals surface area contributed by atoms with Crippen LogP contribution in [-0.4, -0.2) is 60.4 Å². The monoisotopic (exact) mass is 228 g/mol. The van der Waals surface area contributed by atoms with Crippen LogP contribution in [0.25, 0.3) is 0 Å². The third-order valence-electron chi connectivity index (χ3n) is 3.51. The van der Waals surface area contributed by atoms with Gasteiger partial charge in [0.15, 0.2) is 0 Å². The summed E-state index contributed by atoms with van der Waals surface area (Å²) in [6.07, 6.45) is 1.42. The van der Waals surface area contributed by atoms with Crippen LogP contribution in [0.1, 0.15) is 19.8 Å². The lowest BCUT2D eigenvalue weighted by atomic mass is 9.86. The molecule has 2 fully saturated rings. The van der Waals surface area contributed by atoms with E-state index >= 15 is 0 Å². The van der Waals surface area contributed by atoms with Gasteiger partial charge in [-0.05, 0) is 13.3 Å². The Bertz CT molecular complexity index is 266. The van der Waals surface area contributed by atoms with Gasteiger partial charge in [0.05, 0.1) is 18.1 Å². The van der Waals surface area contributed by atoms with Crippen molar-refractivity contribution in [1.29, 1.82) is 0 Å². The highest BCUT2D eigenvalue weighted by Gasteiger charge is 2.44. The molecule has 2 rings (SSSR count). The third kappa shape index (κ3) is 2.36. The van der Waals surface area contributed by atoms with E-state index in [9.17, 15) is 4.79 Å². The molecule has 2 N–H and O–H groups in total. The van der Waals surface area contributed by atoms with Gasteiger partial charge in [0.25, 0.3) is 0 Å². The molecule has 2 aliphatic heterocycles. The van der Waals surface area contributed by atoms with E-state index in [1.54, 1.807) is 0 Å². The molecule has 0 aliphatic carbocycles. The van der Waals surface area contributed by atoms with Gasteiger partial charge in [-0.1, -0.05) is 0 Å². The Morgan fingerprint density at radius 3 is 2.94 bits per heavy atom.